The molecule has 0 atom stereocenters. The van der Waals surface area contributed by atoms with Crippen LogP contribution in [0.15, 0.2) is 20.6 Å². The van der Waals surface area contributed by atoms with Crippen molar-refractivity contribution in [2.24, 2.45) is 20.6 Å². The van der Waals surface area contributed by atoms with E-state index < -0.39 is 0 Å². The van der Waals surface area contributed by atoms with Crippen LogP contribution in [-0.2, 0) is 16.8 Å². The van der Waals surface area contributed by atoms with Crippen LogP contribution in [0.1, 0.15) is 27.7 Å². The summed E-state index contributed by atoms with van der Waals surface area (Å²) in [6.07, 6.45) is 0. The van der Waals surface area contributed by atoms with Gasteiger partial charge in [0, 0.05) is 0 Å². The van der Waals surface area contributed by atoms with E-state index in [1.165, 1.54) is 27.7 Å². The van der Waals surface area contributed by atoms with Gasteiger partial charge in [0.1, 0.15) is 0 Å². The van der Waals surface area contributed by atoms with Crippen LogP contribution in [0.2, 0.25) is 0 Å². The van der Waals surface area contributed by atoms with E-state index in [0.29, 0.717) is 0 Å². The molecule has 99 valence electrons. The zero-order valence-corrected chi connectivity index (χ0v) is 10.9. The fraction of sp³-hybridized carbons (Fsp3) is 0.500. The molecule has 0 spiro atoms. The van der Waals surface area contributed by atoms with E-state index >= 15 is 0 Å². The predicted octanol–water partition coefficient (Wildman–Crippen LogP) is 1.59. The molecule has 8 nitrogen and oxygen atoms in total. The summed E-state index contributed by atoms with van der Waals surface area (Å²) in [5.74, 6) is 0. The number of nitrogens with zero attached hydrogens (tertiary/aromatic N) is 4. The first kappa shape index (κ1) is 20.8. The van der Waals surface area contributed by atoms with Crippen LogP contribution < -0.4 is 0 Å². The summed E-state index contributed by atoms with van der Waals surface area (Å²) in [5.41, 5.74) is 0.903. The van der Waals surface area contributed by atoms with Gasteiger partial charge >= 0.3 is 16.8 Å². The van der Waals surface area contributed by atoms with Crippen molar-refractivity contribution in [2.45, 2.75) is 27.7 Å². The summed E-state index contributed by atoms with van der Waals surface area (Å²) in [5, 5.41) is 45.8. The Kier molecular flexibility index (Phi) is 15.2. The third-order valence-corrected chi connectivity index (χ3v) is 1.62. The Labute approximate surface area is 109 Å². The summed E-state index contributed by atoms with van der Waals surface area (Å²) >= 11 is 0. The fourth-order valence-corrected chi connectivity index (χ4v) is 0.277. The van der Waals surface area contributed by atoms with Crippen molar-refractivity contribution in [3.05, 3.63) is 10.4 Å². The van der Waals surface area contributed by atoms with Crippen molar-refractivity contribution in [1.29, 1.82) is 0 Å². The Morgan fingerprint density at radius 1 is 0.706 bits per heavy atom. The Hall–Kier alpha value is -1.61. The Morgan fingerprint density at radius 3 is 1.00 bits per heavy atom. The molecule has 0 aliphatic rings. The van der Waals surface area contributed by atoms with E-state index in [-0.39, 0.29) is 39.6 Å². The van der Waals surface area contributed by atoms with Crippen LogP contribution in [0, 0.1) is 10.4 Å². The second-order valence-corrected chi connectivity index (χ2v) is 2.72. The zero-order valence-electron chi connectivity index (χ0n) is 9.83. The molecule has 17 heavy (non-hydrogen) atoms. The van der Waals surface area contributed by atoms with Crippen LogP contribution in [0.5, 0.6) is 0 Å². The van der Waals surface area contributed by atoms with Crippen LogP contribution in [0.25, 0.3) is 0 Å². The fourth-order valence-electron chi connectivity index (χ4n) is 0.277. The van der Waals surface area contributed by atoms with Gasteiger partial charge in [0.25, 0.3) is 0 Å². The average Bonchev–Trinajstić information content (AvgIpc) is 2.35. The molecular formula is C8H14CoN4O4. The van der Waals surface area contributed by atoms with Gasteiger partial charge in [-0.25, -0.2) is 0 Å². The Bertz CT molecular complexity index is 261. The van der Waals surface area contributed by atoms with Gasteiger partial charge < -0.3 is 31.1 Å². The first-order valence-corrected chi connectivity index (χ1v) is 4.16. The maximum absolute atomic E-state index is 9.63. The van der Waals surface area contributed by atoms with Gasteiger partial charge in [0.15, 0.2) is 0 Å². The smallest absolute Gasteiger partial charge is 0.792 e. The SMILES string of the molecule is CC(=N\[O-])/C(C)=N/O.CC(=N\[O-])/C(C)=N/O.[Co+2]. The van der Waals surface area contributed by atoms with E-state index in [2.05, 4.69) is 20.6 Å². The van der Waals surface area contributed by atoms with Crippen molar-refractivity contribution in [1.82, 2.24) is 0 Å². The minimum Gasteiger partial charge on any atom is -0.792 e. The quantitative estimate of drug-likeness (QED) is 0.453. The Morgan fingerprint density at radius 2 is 0.941 bits per heavy atom. The molecule has 2 N–H and O–H groups in total. The molecule has 0 aliphatic heterocycles. The molecule has 0 saturated heterocycles. The van der Waals surface area contributed by atoms with Crippen molar-refractivity contribution in [3.63, 3.8) is 0 Å². The monoisotopic (exact) mass is 289 g/mol. The molecule has 0 heterocycles. The minimum absolute atomic E-state index is 0. The number of oxime groups is 2. The molecule has 0 saturated carbocycles. The summed E-state index contributed by atoms with van der Waals surface area (Å²) in [6, 6.07) is 0. The van der Waals surface area contributed by atoms with Gasteiger partial charge in [-0.05, 0) is 27.7 Å². The van der Waals surface area contributed by atoms with E-state index in [4.69, 9.17) is 10.4 Å². The van der Waals surface area contributed by atoms with Crippen molar-refractivity contribution >= 4 is 22.8 Å². The van der Waals surface area contributed by atoms with Crippen LogP contribution >= 0.6 is 0 Å². The summed E-state index contributed by atoms with van der Waals surface area (Å²) in [7, 11) is 0. The Balaban J connectivity index is -0.000000218. The summed E-state index contributed by atoms with van der Waals surface area (Å²) in [6.45, 7) is 5.94. The van der Waals surface area contributed by atoms with Crippen LogP contribution in [0.4, 0.5) is 0 Å². The molecule has 0 aromatic carbocycles. The standard InChI is InChI=1S/2C4H8N2O2.Co/c2*1-3(5-7)4(2)6-8;/h2*7-8H,1-2H3;/q;;+2/p-2/b2*5-3+,6-4+;. The van der Waals surface area contributed by atoms with Crippen molar-refractivity contribution < 1.29 is 27.2 Å². The molecule has 1 radical (unpaired) electrons. The van der Waals surface area contributed by atoms with Crippen molar-refractivity contribution in [3.8, 4) is 0 Å². The minimum atomic E-state index is 0. The average molecular weight is 289 g/mol. The molecule has 9 heteroatoms. The molecular weight excluding hydrogens is 275 g/mol. The molecule has 0 aliphatic carbocycles. The second kappa shape index (κ2) is 12.5. The maximum Gasteiger partial charge on any atom is 2.00 e. The largest absolute Gasteiger partial charge is 2.00 e. The van der Waals surface area contributed by atoms with Crippen LogP contribution in [0.3, 0.4) is 0 Å². The third-order valence-electron chi connectivity index (χ3n) is 1.62. The first-order chi connectivity index (χ1) is 7.44. The predicted molar refractivity (Wildman–Crippen MR) is 62.7 cm³/mol. The number of hydrogen-bond donors (Lipinski definition) is 2. The summed E-state index contributed by atoms with van der Waals surface area (Å²) < 4.78 is 0. The molecule has 0 unspecified atom stereocenters. The number of hydrogen-bond acceptors (Lipinski definition) is 8. The molecule has 0 bridgehead atoms. The van der Waals surface area contributed by atoms with Gasteiger partial charge in [0.2, 0.25) is 0 Å². The van der Waals surface area contributed by atoms with E-state index in [1.54, 1.807) is 0 Å². The third kappa shape index (κ3) is 10.7. The molecule has 0 aromatic heterocycles. The topological polar surface area (TPSA) is 136 Å². The molecule has 0 rings (SSSR count). The van der Waals surface area contributed by atoms with Gasteiger partial charge in [-0.15, -0.1) is 0 Å². The van der Waals surface area contributed by atoms with E-state index in [9.17, 15) is 10.4 Å². The molecule has 0 amide bonds. The second-order valence-electron chi connectivity index (χ2n) is 2.72. The molecule has 0 aromatic rings. The number of rotatable bonds is 2. The van der Waals surface area contributed by atoms with Crippen molar-refractivity contribution in [2.75, 3.05) is 0 Å². The summed E-state index contributed by atoms with van der Waals surface area (Å²) in [4.78, 5) is 0. The first-order valence-electron chi connectivity index (χ1n) is 4.16. The molecule has 0 fully saturated rings. The van der Waals surface area contributed by atoms with E-state index in [0.717, 1.165) is 0 Å². The zero-order chi connectivity index (χ0) is 13.1. The normalized spacial score (nSPS) is 13.4. The van der Waals surface area contributed by atoms with Gasteiger partial charge in [0.05, 0.1) is 22.8 Å². The van der Waals surface area contributed by atoms with Gasteiger partial charge in [-0.3, -0.25) is 0 Å². The van der Waals surface area contributed by atoms with Gasteiger partial charge in [-0.2, -0.15) is 0 Å². The van der Waals surface area contributed by atoms with E-state index in [1.807, 2.05) is 0 Å². The maximum atomic E-state index is 9.63. The van der Waals surface area contributed by atoms with Crippen LogP contribution in [-0.4, -0.2) is 33.3 Å². The van der Waals surface area contributed by atoms with Gasteiger partial charge in [-0.1, -0.05) is 10.3 Å².